The maximum Gasteiger partial charge on any atom is 0.254 e. The Bertz CT molecular complexity index is 482. The number of nitrogens with zero attached hydrogens (tertiary/aromatic N) is 1. The summed E-state index contributed by atoms with van der Waals surface area (Å²) >= 11 is 0. The molecule has 1 saturated carbocycles. The lowest BCUT2D eigenvalue weighted by Gasteiger charge is -2.38. The molecule has 1 aromatic carbocycles. The molecule has 108 valence electrons. The van der Waals surface area contributed by atoms with Gasteiger partial charge >= 0.3 is 0 Å². The molecule has 0 bridgehead atoms. The van der Waals surface area contributed by atoms with Gasteiger partial charge in [-0.2, -0.15) is 0 Å². The van der Waals surface area contributed by atoms with Crippen molar-refractivity contribution < 1.29 is 4.79 Å². The minimum Gasteiger partial charge on any atom is -0.335 e. The van der Waals surface area contributed by atoms with Crippen LogP contribution in [-0.2, 0) is 0 Å². The average molecular weight is 271 g/mol. The molecule has 1 aromatic rings. The SMILES string of the molecule is Cc1cccc(C(=O)N2CCCCC3CCCC[C@@H]32)c1. The molecule has 0 aromatic heterocycles. The Morgan fingerprint density at radius 1 is 1.10 bits per heavy atom. The minimum absolute atomic E-state index is 0.257. The lowest BCUT2D eigenvalue weighted by molar-refractivity contribution is 0.0569. The maximum atomic E-state index is 12.9. The highest BCUT2D eigenvalue weighted by Gasteiger charge is 2.34. The highest BCUT2D eigenvalue weighted by atomic mass is 16.2. The highest BCUT2D eigenvalue weighted by molar-refractivity contribution is 5.94. The zero-order valence-electron chi connectivity index (χ0n) is 12.5. The van der Waals surface area contributed by atoms with Crippen molar-refractivity contribution in [2.24, 2.45) is 5.92 Å². The summed E-state index contributed by atoms with van der Waals surface area (Å²) in [7, 11) is 0. The second kappa shape index (κ2) is 5.99. The van der Waals surface area contributed by atoms with Crippen molar-refractivity contribution >= 4 is 5.91 Å². The van der Waals surface area contributed by atoms with Crippen LogP contribution < -0.4 is 0 Å². The Morgan fingerprint density at radius 3 is 2.65 bits per heavy atom. The van der Waals surface area contributed by atoms with Gasteiger partial charge in [-0.3, -0.25) is 4.79 Å². The van der Waals surface area contributed by atoms with Crippen molar-refractivity contribution in [1.82, 2.24) is 4.90 Å². The third-order valence-corrected chi connectivity index (χ3v) is 5.02. The average Bonchev–Trinajstić information content (AvgIpc) is 2.69. The van der Waals surface area contributed by atoms with E-state index >= 15 is 0 Å². The van der Waals surface area contributed by atoms with Crippen LogP contribution in [0.15, 0.2) is 24.3 Å². The molecule has 2 nitrogen and oxygen atoms in total. The molecular formula is C18H25NO. The van der Waals surface area contributed by atoms with Crippen LogP contribution in [0.4, 0.5) is 0 Å². The zero-order chi connectivity index (χ0) is 13.9. The van der Waals surface area contributed by atoms with Gasteiger partial charge < -0.3 is 4.90 Å². The Kier molecular flexibility index (Phi) is 4.09. The van der Waals surface area contributed by atoms with Crippen molar-refractivity contribution in [3.05, 3.63) is 35.4 Å². The summed E-state index contributed by atoms with van der Waals surface area (Å²) in [5.74, 6) is 1.01. The summed E-state index contributed by atoms with van der Waals surface area (Å²) in [6.45, 7) is 3.01. The molecule has 1 unspecified atom stereocenters. The maximum absolute atomic E-state index is 12.9. The van der Waals surface area contributed by atoms with E-state index in [0.717, 1.165) is 18.0 Å². The van der Waals surface area contributed by atoms with E-state index in [-0.39, 0.29) is 5.91 Å². The van der Waals surface area contributed by atoms with E-state index in [0.29, 0.717) is 6.04 Å². The van der Waals surface area contributed by atoms with Gasteiger partial charge in [-0.05, 0) is 50.7 Å². The summed E-state index contributed by atoms with van der Waals surface area (Å²) < 4.78 is 0. The van der Waals surface area contributed by atoms with Crippen LogP contribution in [-0.4, -0.2) is 23.4 Å². The third-order valence-electron chi connectivity index (χ3n) is 5.02. The fourth-order valence-corrected chi connectivity index (χ4v) is 3.99. The molecule has 2 atom stereocenters. The molecule has 0 spiro atoms. The molecule has 2 heteroatoms. The van der Waals surface area contributed by atoms with Crippen LogP contribution in [0.1, 0.15) is 60.9 Å². The van der Waals surface area contributed by atoms with Gasteiger partial charge in [0.15, 0.2) is 0 Å². The number of amides is 1. The molecular weight excluding hydrogens is 246 g/mol. The van der Waals surface area contributed by atoms with Gasteiger partial charge in [-0.15, -0.1) is 0 Å². The Labute approximate surface area is 122 Å². The van der Waals surface area contributed by atoms with Gasteiger partial charge in [0.2, 0.25) is 0 Å². The number of hydrogen-bond donors (Lipinski definition) is 0. The zero-order valence-corrected chi connectivity index (χ0v) is 12.5. The Hall–Kier alpha value is -1.31. The predicted octanol–water partition coefficient (Wildman–Crippen LogP) is 4.18. The molecule has 1 aliphatic carbocycles. The van der Waals surface area contributed by atoms with E-state index in [9.17, 15) is 4.79 Å². The fourth-order valence-electron chi connectivity index (χ4n) is 3.99. The molecule has 0 radical (unpaired) electrons. The summed E-state index contributed by atoms with van der Waals surface area (Å²) in [4.78, 5) is 15.1. The first-order valence-corrected chi connectivity index (χ1v) is 8.13. The lowest BCUT2D eigenvalue weighted by atomic mass is 9.81. The van der Waals surface area contributed by atoms with E-state index in [1.807, 2.05) is 18.2 Å². The number of fused-ring (bicyclic) bond motifs is 1. The van der Waals surface area contributed by atoms with Crippen molar-refractivity contribution in [2.75, 3.05) is 6.54 Å². The molecule has 2 fully saturated rings. The van der Waals surface area contributed by atoms with Gasteiger partial charge in [0.25, 0.3) is 5.91 Å². The third kappa shape index (κ3) is 2.74. The largest absolute Gasteiger partial charge is 0.335 e. The molecule has 0 N–H and O–H groups in total. The van der Waals surface area contributed by atoms with E-state index in [1.54, 1.807) is 0 Å². The first-order valence-electron chi connectivity index (χ1n) is 8.13. The highest BCUT2D eigenvalue weighted by Crippen LogP contribution is 2.35. The summed E-state index contributed by atoms with van der Waals surface area (Å²) in [5.41, 5.74) is 2.04. The van der Waals surface area contributed by atoms with Crippen LogP contribution in [0.2, 0.25) is 0 Å². The standard InChI is InChI=1S/C18H25NO/c1-14-7-6-10-16(13-14)18(20)19-12-5-4-9-15-8-2-3-11-17(15)19/h6-7,10,13,15,17H,2-5,8-9,11-12H2,1H3/t15?,17-/m0/s1. The molecule has 1 amide bonds. The number of aryl methyl sites for hydroxylation is 1. The van der Waals surface area contributed by atoms with Gasteiger partial charge in [-0.25, -0.2) is 0 Å². The number of carbonyl (C=O) groups excluding carboxylic acids is 1. The van der Waals surface area contributed by atoms with Gasteiger partial charge in [0.05, 0.1) is 0 Å². The normalized spacial score (nSPS) is 26.8. The van der Waals surface area contributed by atoms with Crippen molar-refractivity contribution in [1.29, 1.82) is 0 Å². The van der Waals surface area contributed by atoms with Gasteiger partial charge in [0, 0.05) is 18.2 Å². The minimum atomic E-state index is 0.257. The first kappa shape index (κ1) is 13.7. The topological polar surface area (TPSA) is 20.3 Å². The van der Waals surface area contributed by atoms with E-state index in [1.165, 1.54) is 50.5 Å². The number of rotatable bonds is 1. The van der Waals surface area contributed by atoms with Crippen LogP contribution in [0.25, 0.3) is 0 Å². The second-order valence-electron chi connectivity index (χ2n) is 6.48. The smallest absolute Gasteiger partial charge is 0.254 e. The van der Waals surface area contributed by atoms with Crippen molar-refractivity contribution in [2.45, 2.75) is 57.9 Å². The van der Waals surface area contributed by atoms with E-state index < -0.39 is 0 Å². The Morgan fingerprint density at radius 2 is 1.85 bits per heavy atom. The van der Waals surface area contributed by atoms with Crippen LogP contribution >= 0.6 is 0 Å². The van der Waals surface area contributed by atoms with Crippen LogP contribution in [0.5, 0.6) is 0 Å². The molecule has 1 saturated heterocycles. The lowest BCUT2D eigenvalue weighted by Crippen LogP contribution is -2.45. The van der Waals surface area contributed by atoms with Crippen LogP contribution in [0, 0.1) is 12.8 Å². The van der Waals surface area contributed by atoms with Gasteiger partial charge in [0.1, 0.15) is 0 Å². The first-order chi connectivity index (χ1) is 9.75. The number of carbonyl (C=O) groups is 1. The molecule has 2 aliphatic rings. The van der Waals surface area contributed by atoms with Crippen LogP contribution in [0.3, 0.4) is 0 Å². The predicted molar refractivity (Wildman–Crippen MR) is 81.8 cm³/mol. The Balaban J connectivity index is 1.84. The second-order valence-corrected chi connectivity index (χ2v) is 6.48. The quantitative estimate of drug-likeness (QED) is 0.750. The molecule has 3 rings (SSSR count). The number of hydrogen-bond acceptors (Lipinski definition) is 1. The number of likely N-dealkylation sites (tertiary alicyclic amines) is 1. The monoisotopic (exact) mass is 271 g/mol. The fraction of sp³-hybridized carbons (Fsp3) is 0.611. The van der Waals surface area contributed by atoms with E-state index in [2.05, 4.69) is 17.9 Å². The summed E-state index contributed by atoms with van der Waals surface area (Å²) in [5, 5.41) is 0. The number of benzene rings is 1. The molecule has 1 heterocycles. The van der Waals surface area contributed by atoms with Crippen molar-refractivity contribution in [3.8, 4) is 0 Å². The summed E-state index contributed by atoms with van der Waals surface area (Å²) in [6.07, 6.45) is 8.96. The molecule has 20 heavy (non-hydrogen) atoms. The van der Waals surface area contributed by atoms with Gasteiger partial charge in [-0.1, -0.05) is 37.0 Å². The van der Waals surface area contributed by atoms with Crippen molar-refractivity contribution in [3.63, 3.8) is 0 Å². The van der Waals surface area contributed by atoms with E-state index in [4.69, 9.17) is 0 Å². The molecule has 1 aliphatic heterocycles. The summed E-state index contributed by atoms with van der Waals surface area (Å²) in [6, 6.07) is 8.56.